The topological polar surface area (TPSA) is 47.6 Å². The summed E-state index contributed by atoms with van der Waals surface area (Å²) < 4.78 is 10.8. The van der Waals surface area contributed by atoms with Crippen molar-refractivity contribution < 1.29 is 14.3 Å². The van der Waals surface area contributed by atoms with Crippen LogP contribution in [0.4, 0.5) is 4.79 Å². The van der Waals surface area contributed by atoms with Crippen LogP contribution in [-0.4, -0.2) is 29.4 Å². The average molecular weight is 313 g/mol. The molecule has 0 bridgehead atoms. The first-order valence-corrected chi connectivity index (χ1v) is 8.62. The summed E-state index contributed by atoms with van der Waals surface area (Å²) >= 11 is 0. The van der Waals surface area contributed by atoms with Gasteiger partial charge in [-0.1, -0.05) is 6.92 Å². The highest BCUT2D eigenvalue weighted by molar-refractivity contribution is 5.60. The predicted octanol–water partition coefficient (Wildman–Crippen LogP) is 4.66. The Bertz CT molecular complexity index is 354. The van der Waals surface area contributed by atoms with E-state index >= 15 is 0 Å². The van der Waals surface area contributed by atoms with Crippen molar-refractivity contribution in [2.75, 3.05) is 0 Å². The van der Waals surface area contributed by atoms with Crippen molar-refractivity contribution in [2.24, 2.45) is 5.92 Å². The van der Waals surface area contributed by atoms with Crippen LogP contribution >= 0.6 is 0 Å². The van der Waals surface area contributed by atoms with Crippen LogP contribution in [0, 0.1) is 5.92 Å². The first-order chi connectivity index (χ1) is 9.94. The summed E-state index contributed by atoms with van der Waals surface area (Å²) in [4.78, 5) is 11.8. The smallest absolute Gasteiger partial charge is 0.431 e. The van der Waals surface area contributed by atoms with E-state index in [0.29, 0.717) is 12.0 Å². The third-order valence-corrected chi connectivity index (χ3v) is 3.72. The summed E-state index contributed by atoms with van der Waals surface area (Å²) in [6, 6.07) is 0.553. The van der Waals surface area contributed by atoms with Crippen LogP contribution in [0.25, 0.3) is 0 Å². The fourth-order valence-electron chi connectivity index (χ4n) is 3.12. The Morgan fingerprint density at radius 2 is 1.68 bits per heavy atom. The predicted molar refractivity (Wildman–Crippen MR) is 90.0 cm³/mol. The lowest BCUT2D eigenvalue weighted by molar-refractivity contribution is -0.0347. The summed E-state index contributed by atoms with van der Waals surface area (Å²) in [5, 5.41) is 3.71. The van der Waals surface area contributed by atoms with Gasteiger partial charge in [-0.3, -0.25) is 0 Å². The molecule has 4 heteroatoms. The molecule has 3 unspecified atom stereocenters. The van der Waals surface area contributed by atoms with E-state index in [-0.39, 0.29) is 11.6 Å². The van der Waals surface area contributed by atoms with Crippen LogP contribution in [0.3, 0.4) is 0 Å². The molecule has 0 radical (unpaired) electrons. The Balaban J connectivity index is 2.48. The monoisotopic (exact) mass is 313 g/mol. The highest BCUT2D eigenvalue weighted by Crippen LogP contribution is 2.26. The Morgan fingerprint density at radius 3 is 2.23 bits per heavy atom. The van der Waals surface area contributed by atoms with E-state index in [9.17, 15) is 4.79 Å². The zero-order chi connectivity index (χ0) is 17.0. The van der Waals surface area contributed by atoms with Gasteiger partial charge in [0.1, 0.15) is 11.7 Å². The summed E-state index contributed by atoms with van der Waals surface area (Å²) in [6.45, 7) is 14.5. The van der Waals surface area contributed by atoms with Crippen LogP contribution in [-0.2, 0) is 9.47 Å². The van der Waals surface area contributed by atoms with Crippen LogP contribution in [0.2, 0.25) is 0 Å². The highest BCUT2D eigenvalue weighted by atomic mass is 16.7. The second kappa shape index (κ2) is 7.67. The lowest BCUT2D eigenvalue weighted by Crippen LogP contribution is -2.45. The molecule has 1 N–H and O–H groups in total. The molecule has 0 aromatic rings. The third-order valence-electron chi connectivity index (χ3n) is 3.72. The minimum absolute atomic E-state index is 0.0135. The summed E-state index contributed by atoms with van der Waals surface area (Å²) in [6.07, 6.45) is 4.64. The lowest BCUT2D eigenvalue weighted by atomic mass is 9.87. The van der Waals surface area contributed by atoms with Gasteiger partial charge in [0.2, 0.25) is 0 Å². The standard InChI is InChI=1S/C18H35NO3/c1-13-11-14(19-17(2,3)4)9-8-10-15(12-13)21-16(20)22-18(5,6)7/h13-15,19H,8-12H2,1-7H3. The van der Waals surface area contributed by atoms with E-state index in [2.05, 4.69) is 33.0 Å². The van der Waals surface area contributed by atoms with E-state index in [1.54, 1.807) is 0 Å². The van der Waals surface area contributed by atoms with E-state index in [0.717, 1.165) is 32.1 Å². The van der Waals surface area contributed by atoms with Crippen molar-refractivity contribution in [2.45, 2.75) is 104 Å². The van der Waals surface area contributed by atoms with Gasteiger partial charge in [0.15, 0.2) is 0 Å². The van der Waals surface area contributed by atoms with Gasteiger partial charge in [-0.05, 0) is 79.6 Å². The number of carbonyl (C=O) groups is 1. The van der Waals surface area contributed by atoms with E-state index < -0.39 is 11.8 Å². The zero-order valence-corrected chi connectivity index (χ0v) is 15.5. The van der Waals surface area contributed by atoms with Crippen molar-refractivity contribution in [1.82, 2.24) is 5.32 Å². The van der Waals surface area contributed by atoms with Gasteiger partial charge in [0.25, 0.3) is 0 Å². The lowest BCUT2D eigenvalue weighted by Gasteiger charge is -2.33. The molecule has 0 spiro atoms. The SMILES string of the molecule is CC1CC(NC(C)(C)C)CCCC(OC(=O)OC(C)(C)C)C1. The van der Waals surface area contributed by atoms with Crippen LogP contribution in [0.1, 0.15) is 80.6 Å². The minimum atomic E-state index is -0.533. The van der Waals surface area contributed by atoms with E-state index in [1.807, 2.05) is 20.8 Å². The molecule has 1 aliphatic carbocycles. The largest absolute Gasteiger partial charge is 0.509 e. The first-order valence-electron chi connectivity index (χ1n) is 8.62. The van der Waals surface area contributed by atoms with Crippen molar-refractivity contribution in [3.05, 3.63) is 0 Å². The Morgan fingerprint density at radius 1 is 1.05 bits per heavy atom. The summed E-state index contributed by atoms with van der Waals surface area (Å²) in [5.41, 5.74) is -0.345. The molecule has 3 atom stereocenters. The molecule has 0 aromatic carbocycles. The number of hydrogen-bond donors (Lipinski definition) is 1. The molecule has 130 valence electrons. The summed E-state index contributed by atoms with van der Waals surface area (Å²) in [5.74, 6) is 0.535. The molecule has 1 rings (SSSR count). The molecule has 0 aromatic heterocycles. The van der Waals surface area contributed by atoms with Crippen molar-refractivity contribution in [1.29, 1.82) is 0 Å². The molecule has 1 saturated carbocycles. The van der Waals surface area contributed by atoms with Gasteiger partial charge in [-0.25, -0.2) is 4.79 Å². The normalized spacial score (nSPS) is 27.7. The van der Waals surface area contributed by atoms with Gasteiger partial charge in [0, 0.05) is 11.6 Å². The third kappa shape index (κ3) is 8.62. The second-order valence-corrected chi connectivity index (χ2v) is 8.80. The zero-order valence-electron chi connectivity index (χ0n) is 15.5. The Kier molecular flexibility index (Phi) is 6.72. The molecular weight excluding hydrogens is 278 g/mol. The van der Waals surface area contributed by atoms with Crippen molar-refractivity contribution >= 4 is 6.16 Å². The van der Waals surface area contributed by atoms with Gasteiger partial charge in [-0.15, -0.1) is 0 Å². The fraction of sp³-hybridized carbons (Fsp3) is 0.944. The molecule has 0 aliphatic heterocycles. The van der Waals surface area contributed by atoms with Crippen LogP contribution in [0.5, 0.6) is 0 Å². The van der Waals surface area contributed by atoms with Crippen molar-refractivity contribution in [3.63, 3.8) is 0 Å². The number of hydrogen-bond acceptors (Lipinski definition) is 4. The molecule has 0 amide bonds. The maximum absolute atomic E-state index is 11.8. The number of rotatable bonds is 2. The van der Waals surface area contributed by atoms with Gasteiger partial charge >= 0.3 is 6.16 Å². The van der Waals surface area contributed by atoms with E-state index in [4.69, 9.17) is 9.47 Å². The Labute approximate surface area is 136 Å². The van der Waals surface area contributed by atoms with Gasteiger partial charge < -0.3 is 14.8 Å². The van der Waals surface area contributed by atoms with Crippen LogP contribution < -0.4 is 5.32 Å². The van der Waals surface area contributed by atoms with Crippen molar-refractivity contribution in [3.8, 4) is 0 Å². The molecule has 22 heavy (non-hydrogen) atoms. The number of ether oxygens (including phenoxy) is 2. The molecule has 1 fully saturated rings. The quantitative estimate of drug-likeness (QED) is 0.753. The molecule has 0 heterocycles. The highest BCUT2D eigenvalue weighted by Gasteiger charge is 2.27. The summed E-state index contributed by atoms with van der Waals surface area (Å²) in [7, 11) is 0. The minimum Gasteiger partial charge on any atom is -0.431 e. The number of carbonyl (C=O) groups excluding carboxylic acids is 1. The Hall–Kier alpha value is -0.770. The van der Waals surface area contributed by atoms with E-state index in [1.165, 1.54) is 0 Å². The molecule has 0 saturated heterocycles. The molecule has 1 aliphatic rings. The fourth-order valence-corrected chi connectivity index (χ4v) is 3.12. The van der Waals surface area contributed by atoms with Gasteiger partial charge in [-0.2, -0.15) is 0 Å². The maximum atomic E-state index is 11.8. The maximum Gasteiger partial charge on any atom is 0.509 e. The number of nitrogens with one attached hydrogen (secondary N) is 1. The van der Waals surface area contributed by atoms with Gasteiger partial charge in [0.05, 0.1) is 0 Å². The second-order valence-electron chi connectivity index (χ2n) is 8.80. The molecule has 4 nitrogen and oxygen atoms in total. The average Bonchev–Trinajstić information content (AvgIpc) is 2.20. The molecular formula is C18H35NO3. The first kappa shape index (κ1) is 19.3. The van der Waals surface area contributed by atoms with Crippen LogP contribution in [0.15, 0.2) is 0 Å².